The molecule has 0 radical (unpaired) electrons. The molecule has 0 heterocycles. The lowest BCUT2D eigenvalue weighted by molar-refractivity contribution is 0.102. The maximum Gasteiger partial charge on any atom is 0.255 e. The fraction of sp³-hybridized carbons (Fsp3) is 0.240. The lowest BCUT2D eigenvalue weighted by atomic mass is 10.1. The number of sulfonamides is 1. The number of para-hydroxylation sites is 1. The summed E-state index contributed by atoms with van der Waals surface area (Å²) in [5.74, 6) is -0.188. The van der Waals surface area contributed by atoms with Crippen LogP contribution in [0.15, 0.2) is 77.7 Å². The molecule has 6 heteroatoms. The van der Waals surface area contributed by atoms with Gasteiger partial charge in [0.05, 0.1) is 4.90 Å². The van der Waals surface area contributed by atoms with Crippen LogP contribution in [0, 0.1) is 6.92 Å². The zero-order valence-corrected chi connectivity index (χ0v) is 18.9. The van der Waals surface area contributed by atoms with Crippen molar-refractivity contribution in [2.45, 2.75) is 38.6 Å². The summed E-state index contributed by atoms with van der Waals surface area (Å²) in [6.45, 7) is 6.38. The Balaban J connectivity index is 1.73. The quantitative estimate of drug-likeness (QED) is 0.539. The van der Waals surface area contributed by atoms with Crippen LogP contribution in [-0.2, 0) is 23.0 Å². The van der Waals surface area contributed by atoms with Crippen molar-refractivity contribution in [2.75, 3.05) is 11.9 Å². The smallest absolute Gasteiger partial charge is 0.255 e. The SMILES string of the molecule is CCc1ccccc1NC(=O)c1ccc(CN(CC)S(=O)(=O)c2ccc(C)cc2)cc1. The Hall–Kier alpha value is -2.96. The van der Waals surface area contributed by atoms with Crippen LogP contribution < -0.4 is 5.32 Å². The molecule has 3 aromatic rings. The highest BCUT2D eigenvalue weighted by Crippen LogP contribution is 2.20. The lowest BCUT2D eigenvalue weighted by Gasteiger charge is -2.21. The molecule has 0 saturated heterocycles. The molecule has 5 nitrogen and oxygen atoms in total. The van der Waals surface area contributed by atoms with E-state index >= 15 is 0 Å². The first-order valence-electron chi connectivity index (χ1n) is 10.4. The van der Waals surface area contributed by atoms with E-state index in [9.17, 15) is 13.2 Å². The van der Waals surface area contributed by atoms with E-state index in [1.54, 1.807) is 48.5 Å². The second-order valence-electron chi connectivity index (χ2n) is 7.41. The topological polar surface area (TPSA) is 66.5 Å². The van der Waals surface area contributed by atoms with E-state index in [1.807, 2.05) is 45.0 Å². The molecule has 0 aromatic heterocycles. The summed E-state index contributed by atoms with van der Waals surface area (Å²) in [5, 5.41) is 2.95. The molecule has 0 atom stereocenters. The van der Waals surface area contributed by atoms with Crippen LogP contribution >= 0.6 is 0 Å². The Labute approximate surface area is 184 Å². The third kappa shape index (κ3) is 5.40. The van der Waals surface area contributed by atoms with Crippen molar-refractivity contribution in [1.82, 2.24) is 4.31 Å². The van der Waals surface area contributed by atoms with E-state index in [0.717, 1.165) is 28.8 Å². The van der Waals surface area contributed by atoms with E-state index < -0.39 is 10.0 Å². The molecule has 3 rings (SSSR count). The summed E-state index contributed by atoms with van der Waals surface area (Å²) < 4.78 is 27.4. The fourth-order valence-corrected chi connectivity index (χ4v) is 4.77. The molecule has 162 valence electrons. The predicted molar refractivity (Wildman–Crippen MR) is 125 cm³/mol. The summed E-state index contributed by atoms with van der Waals surface area (Å²) in [5.41, 5.74) is 4.24. The number of hydrogen-bond donors (Lipinski definition) is 1. The molecule has 0 bridgehead atoms. The minimum absolute atomic E-state index is 0.188. The molecule has 0 aliphatic rings. The molecule has 1 amide bonds. The van der Waals surface area contributed by atoms with E-state index in [4.69, 9.17) is 0 Å². The summed E-state index contributed by atoms with van der Waals surface area (Å²) >= 11 is 0. The van der Waals surface area contributed by atoms with Gasteiger partial charge in [0.2, 0.25) is 10.0 Å². The lowest BCUT2D eigenvalue weighted by Crippen LogP contribution is -2.30. The molecule has 0 aliphatic heterocycles. The average molecular weight is 437 g/mol. The third-order valence-electron chi connectivity index (χ3n) is 5.23. The van der Waals surface area contributed by atoms with Crippen molar-refractivity contribution < 1.29 is 13.2 Å². The molecule has 31 heavy (non-hydrogen) atoms. The van der Waals surface area contributed by atoms with Crippen LogP contribution in [0.4, 0.5) is 5.69 Å². The number of hydrogen-bond acceptors (Lipinski definition) is 3. The van der Waals surface area contributed by atoms with Gasteiger partial charge in [-0.15, -0.1) is 0 Å². The van der Waals surface area contributed by atoms with Crippen molar-refractivity contribution >= 4 is 21.6 Å². The van der Waals surface area contributed by atoms with Crippen molar-refractivity contribution in [3.05, 3.63) is 95.1 Å². The number of rotatable bonds is 8. The minimum atomic E-state index is -3.59. The maximum atomic E-state index is 13.0. The van der Waals surface area contributed by atoms with Crippen LogP contribution in [0.1, 0.15) is 40.9 Å². The molecule has 0 fully saturated rings. The van der Waals surface area contributed by atoms with Gasteiger partial charge in [0.1, 0.15) is 0 Å². The maximum absolute atomic E-state index is 13.0. The second kappa shape index (κ2) is 9.90. The zero-order chi connectivity index (χ0) is 22.4. The second-order valence-corrected chi connectivity index (χ2v) is 9.34. The number of benzene rings is 3. The minimum Gasteiger partial charge on any atom is -0.322 e. The Morgan fingerprint density at radius 1 is 0.903 bits per heavy atom. The summed E-state index contributed by atoms with van der Waals surface area (Å²) in [4.78, 5) is 12.9. The van der Waals surface area contributed by atoms with Gasteiger partial charge in [0.15, 0.2) is 0 Å². The molecule has 0 aliphatic carbocycles. The monoisotopic (exact) mass is 436 g/mol. The van der Waals surface area contributed by atoms with Gasteiger partial charge in [0.25, 0.3) is 5.91 Å². The van der Waals surface area contributed by atoms with E-state index in [1.165, 1.54) is 4.31 Å². The molecular weight excluding hydrogens is 408 g/mol. The van der Waals surface area contributed by atoms with Gasteiger partial charge in [-0.3, -0.25) is 4.79 Å². The number of carbonyl (C=O) groups is 1. The standard InChI is InChI=1S/C25H28N2O3S/c1-4-21-8-6-7-9-24(21)26-25(28)22-14-12-20(13-15-22)18-27(5-2)31(29,30)23-16-10-19(3)11-17-23/h6-17H,4-5,18H2,1-3H3,(H,26,28). The fourth-order valence-electron chi connectivity index (χ4n) is 3.34. The van der Waals surface area contributed by atoms with E-state index in [0.29, 0.717) is 12.1 Å². The number of nitrogens with zero attached hydrogens (tertiary/aromatic N) is 1. The highest BCUT2D eigenvalue weighted by molar-refractivity contribution is 7.89. The Bertz CT molecular complexity index is 1140. The first kappa shape index (κ1) is 22.7. The molecule has 3 aromatic carbocycles. The van der Waals surface area contributed by atoms with Crippen LogP contribution in [0.25, 0.3) is 0 Å². The normalized spacial score (nSPS) is 11.5. The number of nitrogens with one attached hydrogen (secondary N) is 1. The van der Waals surface area contributed by atoms with Crippen molar-refractivity contribution in [3.8, 4) is 0 Å². The van der Waals surface area contributed by atoms with Gasteiger partial charge in [-0.2, -0.15) is 4.31 Å². The Kier molecular flexibility index (Phi) is 7.25. The van der Waals surface area contributed by atoms with Crippen LogP contribution in [0.2, 0.25) is 0 Å². The highest BCUT2D eigenvalue weighted by atomic mass is 32.2. The number of amides is 1. The molecule has 0 spiro atoms. The summed E-state index contributed by atoms with van der Waals surface area (Å²) in [6, 6.07) is 21.6. The number of carbonyl (C=O) groups excluding carboxylic acids is 1. The van der Waals surface area contributed by atoms with Crippen molar-refractivity contribution in [1.29, 1.82) is 0 Å². The van der Waals surface area contributed by atoms with Crippen molar-refractivity contribution in [2.24, 2.45) is 0 Å². The largest absolute Gasteiger partial charge is 0.322 e. The van der Waals surface area contributed by atoms with Crippen molar-refractivity contribution in [3.63, 3.8) is 0 Å². The van der Waals surface area contributed by atoms with Crippen LogP contribution in [0.5, 0.6) is 0 Å². The molecular formula is C25H28N2O3S. The van der Waals surface area contributed by atoms with Gasteiger partial charge in [-0.05, 0) is 54.8 Å². The van der Waals surface area contributed by atoms with Gasteiger partial charge in [-0.1, -0.05) is 61.9 Å². The molecule has 1 N–H and O–H groups in total. The molecule has 0 unspecified atom stereocenters. The van der Waals surface area contributed by atoms with E-state index in [2.05, 4.69) is 5.32 Å². The predicted octanol–water partition coefficient (Wildman–Crippen LogP) is 5.02. The highest BCUT2D eigenvalue weighted by Gasteiger charge is 2.23. The average Bonchev–Trinajstić information content (AvgIpc) is 2.78. The Morgan fingerprint density at radius 2 is 1.55 bits per heavy atom. The van der Waals surface area contributed by atoms with Gasteiger partial charge >= 0.3 is 0 Å². The Morgan fingerprint density at radius 3 is 2.16 bits per heavy atom. The zero-order valence-electron chi connectivity index (χ0n) is 18.1. The van der Waals surface area contributed by atoms with Crippen LogP contribution in [-0.4, -0.2) is 25.2 Å². The van der Waals surface area contributed by atoms with Gasteiger partial charge in [0, 0.05) is 24.3 Å². The van der Waals surface area contributed by atoms with Gasteiger partial charge < -0.3 is 5.32 Å². The third-order valence-corrected chi connectivity index (χ3v) is 7.17. The first-order valence-corrected chi connectivity index (χ1v) is 11.8. The van der Waals surface area contributed by atoms with Gasteiger partial charge in [-0.25, -0.2) is 8.42 Å². The summed E-state index contributed by atoms with van der Waals surface area (Å²) in [7, 11) is -3.59. The number of aryl methyl sites for hydroxylation is 2. The first-order chi connectivity index (χ1) is 14.8. The van der Waals surface area contributed by atoms with E-state index in [-0.39, 0.29) is 17.3 Å². The number of anilines is 1. The van der Waals surface area contributed by atoms with Crippen LogP contribution in [0.3, 0.4) is 0 Å². The summed E-state index contributed by atoms with van der Waals surface area (Å²) in [6.07, 6.45) is 0.831. The molecule has 0 saturated carbocycles.